The highest BCUT2D eigenvalue weighted by Crippen LogP contribution is 2.39. The lowest BCUT2D eigenvalue weighted by atomic mass is 9.97. The second kappa shape index (κ2) is 7.99. The van der Waals surface area contributed by atoms with Gasteiger partial charge < -0.3 is 10.1 Å². The molecule has 0 saturated carbocycles. The van der Waals surface area contributed by atoms with Crippen LogP contribution in [0.5, 0.6) is 5.75 Å². The Morgan fingerprint density at radius 2 is 1.24 bits per heavy atom. The van der Waals surface area contributed by atoms with Gasteiger partial charge in [0.15, 0.2) is 0 Å². The molecule has 33 heavy (non-hydrogen) atoms. The molecule has 0 bridgehead atoms. The van der Waals surface area contributed by atoms with E-state index >= 15 is 0 Å². The fourth-order valence-corrected chi connectivity index (χ4v) is 4.77. The van der Waals surface area contributed by atoms with Crippen LogP contribution < -0.4 is 10.1 Å². The minimum absolute atomic E-state index is 0.852. The molecule has 0 heterocycles. The predicted molar refractivity (Wildman–Crippen MR) is 141 cm³/mol. The summed E-state index contributed by atoms with van der Waals surface area (Å²) in [5, 5.41) is 11.3. The number of methoxy groups -OCH3 is 1. The van der Waals surface area contributed by atoms with Gasteiger partial charge in [0.25, 0.3) is 0 Å². The Bertz CT molecular complexity index is 1620. The number of anilines is 2. The fourth-order valence-electron chi connectivity index (χ4n) is 4.77. The lowest BCUT2D eigenvalue weighted by Gasteiger charge is -2.16. The SMILES string of the molecule is COc1cccc(Nc2ccc3c(ccc4c5ccccc5ccc34)c2)c1-c1ccccc1. The molecule has 0 aliphatic heterocycles. The summed E-state index contributed by atoms with van der Waals surface area (Å²) in [4.78, 5) is 0. The van der Waals surface area contributed by atoms with Gasteiger partial charge in [0.2, 0.25) is 0 Å². The van der Waals surface area contributed by atoms with Crippen molar-refractivity contribution in [2.45, 2.75) is 0 Å². The van der Waals surface area contributed by atoms with Gasteiger partial charge in [-0.05, 0) is 62.1 Å². The number of benzene rings is 6. The molecule has 0 fully saturated rings. The molecular weight excluding hydrogens is 402 g/mol. The third kappa shape index (κ3) is 3.37. The average molecular weight is 426 g/mol. The van der Waals surface area contributed by atoms with E-state index in [-0.39, 0.29) is 0 Å². The summed E-state index contributed by atoms with van der Waals surface area (Å²) in [7, 11) is 1.72. The van der Waals surface area contributed by atoms with Crippen molar-refractivity contribution in [1.29, 1.82) is 0 Å². The topological polar surface area (TPSA) is 21.3 Å². The summed E-state index contributed by atoms with van der Waals surface area (Å²) < 4.78 is 5.69. The molecule has 158 valence electrons. The molecule has 6 aromatic rings. The van der Waals surface area contributed by atoms with Gasteiger partial charge >= 0.3 is 0 Å². The Morgan fingerprint density at radius 3 is 2.06 bits per heavy atom. The Labute approximate surface area is 193 Å². The summed E-state index contributed by atoms with van der Waals surface area (Å²) in [6.45, 7) is 0. The largest absolute Gasteiger partial charge is 0.496 e. The van der Waals surface area contributed by atoms with E-state index in [9.17, 15) is 0 Å². The van der Waals surface area contributed by atoms with Crippen molar-refractivity contribution in [1.82, 2.24) is 0 Å². The Morgan fingerprint density at radius 1 is 0.545 bits per heavy atom. The zero-order valence-corrected chi connectivity index (χ0v) is 18.4. The first-order valence-corrected chi connectivity index (χ1v) is 11.2. The fraction of sp³-hybridized carbons (Fsp3) is 0.0323. The highest BCUT2D eigenvalue weighted by molar-refractivity contribution is 6.17. The lowest BCUT2D eigenvalue weighted by Crippen LogP contribution is -1.96. The van der Waals surface area contributed by atoms with Crippen molar-refractivity contribution in [3.8, 4) is 16.9 Å². The van der Waals surface area contributed by atoms with Gasteiger partial charge in [-0.3, -0.25) is 0 Å². The van der Waals surface area contributed by atoms with E-state index < -0.39 is 0 Å². The molecule has 1 N–H and O–H groups in total. The van der Waals surface area contributed by atoms with E-state index in [1.54, 1.807) is 7.11 Å². The summed E-state index contributed by atoms with van der Waals surface area (Å²) >= 11 is 0. The van der Waals surface area contributed by atoms with Crippen molar-refractivity contribution in [2.24, 2.45) is 0 Å². The van der Waals surface area contributed by atoms with Crippen LogP contribution in [0.2, 0.25) is 0 Å². The van der Waals surface area contributed by atoms with Gasteiger partial charge in [-0.1, -0.05) is 91.0 Å². The number of hydrogen-bond acceptors (Lipinski definition) is 2. The quantitative estimate of drug-likeness (QED) is 0.286. The minimum atomic E-state index is 0.852. The molecule has 2 nitrogen and oxygen atoms in total. The molecule has 6 aromatic carbocycles. The van der Waals surface area contributed by atoms with Crippen molar-refractivity contribution in [3.05, 3.63) is 115 Å². The van der Waals surface area contributed by atoms with Gasteiger partial charge in [-0.2, -0.15) is 0 Å². The summed E-state index contributed by atoms with van der Waals surface area (Å²) in [5.74, 6) is 0.852. The molecule has 0 spiro atoms. The molecule has 0 aliphatic carbocycles. The minimum Gasteiger partial charge on any atom is -0.496 e. The normalized spacial score (nSPS) is 11.2. The van der Waals surface area contributed by atoms with Gasteiger partial charge in [-0.15, -0.1) is 0 Å². The lowest BCUT2D eigenvalue weighted by molar-refractivity contribution is 0.416. The summed E-state index contributed by atoms with van der Waals surface area (Å²) in [6.07, 6.45) is 0. The van der Waals surface area contributed by atoms with Crippen molar-refractivity contribution < 1.29 is 4.74 Å². The highest BCUT2D eigenvalue weighted by atomic mass is 16.5. The first-order chi connectivity index (χ1) is 16.3. The van der Waals surface area contributed by atoms with Crippen LogP contribution in [0, 0.1) is 0 Å². The zero-order valence-electron chi connectivity index (χ0n) is 18.4. The number of ether oxygens (including phenoxy) is 1. The first-order valence-electron chi connectivity index (χ1n) is 11.2. The second-order valence-electron chi connectivity index (χ2n) is 8.26. The van der Waals surface area contributed by atoms with Crippen LogP contribution in [0.3, 0.4) is 0 Å². The molecule has 0 atom stereocenters. The predicted octanol–water partition coefficient (Wildman–Crippen LogP) is 8.57. The smallest absolute Gasteiger partial charge is 0.128 e. The number of rotatable bonds is 4. The van der Waals surface area contributed by atoms with Crippen LogP contribution in [0.25, 0.3) is 43.4 Å². The Kier molecular flexibility index (Phi) is 4.70. The molecule has 0 saturated heterocycles. The van der Waals surface area contributed by atoms with Crippen molar-refractivity contribution in [2.75, 3.05) is 12.4 Å². The van der Waals surface area contributed by atoms with Crippen LogP contribution in [0.1, 0.15) is 0 Å². The van der Waals surface area contributed by atoms with Gasteiger partial charge in [0.05, 0.1) is 12.8 Å². The average Bonchev–Trinajstić information content (AvgIpc) is 2.88. The van der Waals surface area contributed by atoms with Crippen LogP contribution >= 0.6 is 0 Å². The maximum atomic E-state index is 5.69. The number of nitrogens with one attached hydrogen (secondary N) is 1. The van der Waals surface area contributed by atoms with E-state index in [0.717, 1.165) is 28.3 Å². The number of fused-ring (bicyclic) bond motifs is 5. The van der Waals surface area contributed by atoms with E-state index in [1.165, 1.54) is 32.3 Å². The maximum absolute atomic E-state index is 5.69. The Balaban J connectivity index is 1.46. The molecular formula is C31H23NO. The molecule has 0 radical (unpaired) electrons. The third-order valence-electron chi connectivity index (χ3n) is 6.33. The van der Waals surface area contributed by atoms with Gasteiger partial charge in [0.1, 0.15) is 5.75 Å². The highest BCUT2D eigenvalue weighted by Gasteiger charge is 2.12. The standard InChI is InChI=1S/C31H23NO/c1-33-30-13-7-12-29(31(30)22-9-3-2-4-10-22)32-24-16-19-26-23(20-24)15-18-27-25-11-6-5-8-21(25)14-17-28(26)27/h2-20,32H,1H3. The van der Waals surface area contributed by atoms with Crippen molar-refractivity contribution >= 4 is 43.7 Å². The number of hydrogen-bond donors (Lipinski definition) is 1. The third-order valence-corrected chi connectivity index (χ3v) is 6.33. The second-order valence-corrected chi connectivity index (χ2v) is 8.26. The van der Waals surface area contributed by atoms with Crippen molar-refractivity contribution in [3.63, 3.8) is 0 Å². The maximum Gasteiger partial charge on any atom is 0.128 e. The summed E-state index contributed by atoms with van der Waals surface area (Å²) in [5.41, 5.74) is 4.25. The Hall–Kier alpha value is -4.30. The molecule has 6 rings (SSSR count). The van der Waals surface area contributed by atoms with Gasteiger partial charge in [-0.25, -0.2) is 0 Å². The summed E-state index contributed by atoms with van der Waals surface area (Å²) in [6, 6.07) is 40.6. The molecule has 0 unspecified atom stereocenters. The first kappa shape index (κ1) is 19.4. The monoisotopic (exact) mass is 425 g/mol. The van der Waals surface area contributed by atoms with Crippen LogP contribution in [-0.2, 0) is 0 Å². The van der Waals surface area contributed by atoms with Gasteiger partial charge in [0, 0.05) is 11.3 Å². The zero-order chi connectivity index (χ0) is 22.2. The molecule has 0 aliphatic rings. The van der Waals surface area contributed by atoms with E-state index in [4.69, 9.17) is 4.74 Å². The molecule has 2 heteroatoms. The van der Waals surface area contributed by atoms with E-state index in [0.29, 0.717) is 0 Å². The molecule has 0 amide bonds. The van der Waals surface area contributed by atoms with Crippen LogP contribution in [-0.4, -0.2) is 7.11 Å². The van der Waals surface area contributed by atoms with E-state index in [1.807, 2.05) is 18.2 Å². The van der Waals surface area contributed by atoms with Crippen LogP contribution in [0.15, 0.2) is 115 Å². The molecule has 0 aromatic heterocycles. The van der Waals surface area contributed by atoms with E-state index in [2.05, 4.69) is 102 Å². The van der Waals surface area contributed by atoms with Crippen LogP contribution in [0.4, 0.5) is 11.4 Å².